The highest BCUT2D eigenvalue weighted by Crippen LogP contribution is 2.39. The predicted molar refractivity (Wildman–Crippen MR) is 48.6 cm³/mol. The maximum Gasteiger partial charge on any atom is 0.0473 e. The highest BCUT2D eigenvalue weighted by atomic mass is 32.2. The average molecular weight is 168 g/mol. The Bertz CT molecular complexity index is 198. The van der Waals surface area contributed by atoms with Gasteiger partial charge in [0, 0.05) is 11.9 Å². The Balaban J connectivity index is 2.13. The van der Waals surface area contributed by atoms with Crippen molar-refractivity contribution in [3.05, 3.63) is 24.3 Å². The summed E-state index contributed by atoms with van der Waals surface area (Å²) < 4.78 is 0. The lowest BCUT2D eigenvalue weighted by Crippen LogP contribution is -2.19. The lowest BCUT2D eigenvalue weighted by molar-refractivity contribution is 0.217. The van der Waals surface area contributed by atoms with Crippen molar-refractivity contribution >= 4 is 11.8 Å². The molecule has 60 valence electrons. The minimum Gasteiger partial charge on any atom is -0.396 e. The van der Waals surface area contributed by atoms with Crippen LogP contribution in [0.3, 0.4) is 0 Å². The average Bonchev–Trinajstić information content (AvgIpc) is 2.47. The van der Waals surface area contributed by atoms with Crippen LogP contribution in [0.15, 0.2) is 24.3 Å². The van der Waals surface area contributed by atoms with E-state index in [1.54, 1.807) is 0 Å². The summed E-state index contributed by atoms with van der Waals surface area (Å²) in [7, 11) is 0. The first-order chi connectivity index (χ1) is 5.42. The molecule has 1 nitrogen and oxygen atoms in total. The fourth-order valence-corrected chi connectivity index (χ4v) is 3.25. The smallest absolute Gasteiger partial charge is 0.0473 e. The monoisotopic (exact) mass is 168 g/mol. The van der Waals surface area contributed by atoms with E-state index in [9.17, 15) is 0 Å². The number of hydrogen-bond acceptors (Lipinski definition) is 2. The fraction of sp³-hybridized carbons (Fsp3) is 0.556. The van der Waals surface area contributed by atoms with Crippen LogP contribution >= 0.6 is 11.8 Å². The third kappa shape index (κ3) is 1.25. The molecule has 2 aliphatic rings. The first-order valence-electron chi connectivity index (χ1n) is 3.99. The molecular weight excluding hydrogens is 156 g/mol. The van der Waals surface area contributed by atoms with Crippen LogP contribution in [-0.2, 0) is 0 Å². The molecule has 0 aromatic rings. The number of hydrogen-bond donors (Lipinski definition) is 1. The van der Waals surface area contributed by atoms with Crippen molar-refractivity contribution in [3.8, 4) is 0 Å². The molecule has 0 amide bonds. The van der Waals surface area contributed by atoms with Gasteiger partial charge in [-0.15, -0.1) is 0 Å². The van der Waals surface area contributed by atoms with Gasteiger partial charge >= 0.3 is 0 Å². The van der Waals surface area contributed by atoms with E-state index in [1.165, 1.54) is 0 Å². The molecule has 1 saturated heterocycles. The van der Waals surface area contributed by atoms with Gasteiger partial charge in [0.15, 0.2) is 0 Å². The van der Waals surface area contributed by atoms with Crippen molar-refractivity contribution < 1.29 is 5.11 Å². The zero-order chi connectivity index (χ0) is 7.68. The van der Waals surface area contributed by atoms with Crippen LogP contribution in [0.1, 0.15) is 0 Å². The second-order valence-corrected chi connectivity index (χ2v) is 4.30. The molecule has 1 aliphatic carbocycles. The van der Waals surface area contributed by atoms with E-state index in [-0.39, 0.29) is 0 Å². The van der Waals surface area contributed by atoms with Crippen LogP contribution in [0, 0.1) is 11.8 Å². The largest absolute Gasteiger partial charge is 0.396 e. The number of rotatable bonds is 1. The Morgan fingerprint density at radius 1 is 1.36 bits per heavy atom. The number of thioether (sulfide) groups is 1. The van der Waals surface area contributed by atoms with Crippen LogP contribution in [-0.4, -0.2) is 22.7 Å². The Labute approximate surface area is 71.2 Å². The number of aliphatic hydroxyl groups is 1. The van der Waals surface area contributed by atoms with Crippen molar-refractivity contribution in [1.82, 2.24) is 0 Å². The minimum absolute atomic E-state index is 0.340. The van der Waals surface area contributed by atoms with Crippen LogP contribution < -0.4 is 0 Å². The lowest BCUT2D eigenvalue weighted by Gasteiger charge is -2.18. The second-order valence-electron chi connectivity index (χ2n) is 3.09. The molecule has 1 heterocycles. The van der Waals surface area contributed by atoms with E-state index in [0.29, 0.717) is 23.7 Å². The molecule has 0 spiro atoms. The third-order valence-electron chi connectivity index (χ3n) is 2.41. The van der Waals surface area contributed by atoms with Gasteiger partial charge in [-0.2, -0.15) is 11.8 Å². The van der Waals surface area contributed by atoms with Gasteiger partial charge < -0.3 is 5.11 Å². The van der Waals surface area contributed by atoms with Crippen molar-refractivity contribution in [2.75, 3.05) is 12.4 Å². The summed E-state index contributed by atoms with van der Waals surface area (Å²) in [5.74, 6) is 2.20. The molecule has 3 atom stereocenters. The van der Waals surface area contributed by atoms with E-state index in [4.69, 9.17) is 5.11 Å². The summed E-state index contributed by atoms with van der Waals surface area (Å²) in [5.41, 5.74) is 0. The van der Waals surface area contributed by atoms with Crippen molar-refractivity contribution in [1.29, 1.82) is 0 Å². The Kier molecular flexibility index (Phi) is 2.05. The molecule has 1 N–H and O–H groups in total. The highest BCUT2D eigenvalue weighted by molar-refractivity contribution is 8.00. The molecule has 11 heavy (non-hydrogen) atoms. The van der Waals surface area contributed by atoms with Crippen LogP contribution in [0.25, 0.3) is 0 Å². The molecule has 1 aliphatic heterocycles. The molecule has 0 aromatic heterocycles. The van der Waals surface area contributed by atoms with Gasteiger partial charge in [0.05, 0.1) is 0 Å². The van der Waals surface area contributed by atoms with Crippen LogP contribution in [0.4, 0.5) is 0 Å². The van der Waals surface area contributed by atoms with Gasteiger partial charge in [-0.05, 0) is 17.6 Å². The third-order valence-corrected chi connectivity index (χ3v) is 3.88. The van der Waals surface area contributed by atoms with E-state index in [2.05, 4.69) is 24.3 Å². The summed E-state index contributed by atoms with van der Waals surface area (Å²) in [6.45, 7) is 0.340. The van der Waals surface area contributed by atoms with Crippen molar-refractivity contribution in [2.45, 2.75) is 5.25 Å². The lowest BCUT2D eigenvalue weighted by atomic mass is 9.89. The molecule has 0 radical (unpaired) electrons. The van der Waals surface area contributed by atoms with Gasteiger partial charge in [0.1, 0.15) is 0 Å². The summed E-state index contributed by atoms with van der Waals surface area (Å²) >= 11 is 1.96. The van der Waals surface area contributed by atoms with E-state index in [0.717, 1.165) is 5.75 Å². The molecule has 3 unspecified atom stereocenters. The van der Waals surface area contributed by atoms with Gasteiger partial charge in [-0.25, -0.2) is 0 Å². The Hall–Kier alpha value is -0.210. The van der Waals surface area contributed by atoms with E-state index in [1.807, 2.05) is 11.8 Å². The minimum atomic E-state index is 0.340. The Morgan fingerprint density at radius 2 is 2.18 bits per heavy atom. The normalized spacial score (nSPS) is 41.0. The highest BCUT2D eigenvalue weighted by Gasteiger charge is 2.33. The zero-order valence-corrected chi connectivity index (χ0v) is 7.13. The maximum absolute atomic E-state index is 9.03. The number of fused-ring (bicyclic) bond motifs is 1. The van der Waals surface area contributed by atoms with Gasteiger partial charge in [0.25, 0.3) is 0 Å². The van der Waals surface area contributed by atoms with Crippen molar-refractivity contribution in [2.24, 2.45) is 11.8 Å². The van der Waals surface area contributed by atoms with Gasteiger partial charge in [-0.1, -0.05) is 24.3 Å². The number of allylic oxidation sites excluding steroid dienone is 3. The second kappa shape index (κ2) is 3.03. The summed E-state index contributed by atoms with van der Waals surface area (Å²) in [6.07, 6.45) is 8.67. The summed E-state index contributed by atoms with van der Waals surface area (Å²) in [5, 5.41) is 9.67. The Morgan fingerprint density at radius 3 is 3.00 bits per heavy atom. The topological polar surface area (TPSA) is 20.2 Å². The maximum atomic E-state index is 9.03. The molecular formula is C9H12OS. The fourth-order valence-electron chi connectivity index (χ4n) is 1.72. The van der Waals surface area contributed by atoms with Crippen LogP contribution in [0.5, 0.6) is 0 Å². The molecule has 2 rings (SSSR count). The van der Waals surface area contributed by atoms with E-state index >= 15 is 0 Å². The first-order valence-corrected chi connectivity index (χ1v) is 5.04. The molecule has 1 fully saturated rings. The first kappa shape index (κ1) is 7.44. The standard InChI is InChI=1S/C9H12OS/c10-5-7-6-11-9-4-2-1-3-8(7)9/h1-4,7-10H,5-6H2. The summed E-state index contributed by atoms with van der Waals surface area (Å²) in [6, 6.07) is 0. The van der Waals surface area contributed by atoms with Crippen LogP contribution in [0.2, 0.25) is 0 Å². The molecule has 2 heteroatoms. The quantitative estimate of drug-likeness (QED) is 0.639. The molecule has 0 aromatic carbocycles. The van der Waals surface area contributed by atoms with Gasteiger partial charge in [-0.3, -0.25) is 0 Å². The van der Waals surface area contributed by atoms with Gasteiger partial charge in [0.2, 0.25) is 0 Å². The number of aliphatic hydroxyl groups excluding tert-OH is 1. The summed E-state index contributed by atoms with van der Waals surface area (Å²) in [4.78, 5) is 0. The van der Waals surface area contributed by atoms with Crippen molar-refractivity contribution in [3.63, 3.8) is 0 Å². The SMILES string of the molecule is OCC1CSC2C=CC=CC12. The van der Waals surface area contributed by atoms with E-state index < -0.39 is 0 Å². The zero-order valence-electron chi connectivity index (χ0n) is 6.31. The predicted octanol–water partition coefficient (Wildman–Crippen LogP) is 1.45. The molecule has 0 bridgehead atoms. The molecule has 0 saturated carbocycles.